The number of nitrogens with two attached hydrogens (primary N) is 1. The Kier molecular flexibility index (Phi) is 2.75. The smallest absolute Gasteiger partial charge is 0.311 e. The first-order chi connectivity index (χ1) is 7.19. The summed E-state index contributed by atoms with van der Waals surface area (Å²) in [5.41, 5.74) is 7.45. The summed E-state index contributed by atoms with van der Waals surface area (Å²) in [4.78, 5) is 15.5. The third-order valence-electron chi connectivity index (χ3n) is 3.13. The van der Waals surface area contributed by atoms with Crippen LogP contribution in [0.5, 0.6) is 0 Å². The number of hydrogen-bond acceptors (Lipinski definition) is 4. The average Bonchev–Trinajstić information content (AvgIpc) is 2.94. The minimum Gasteiger partial charge on any atom is -0.481 e. The molecule has 2 rings (SSSR count). The maximum absolute atomic E-state index is 11.4. The van der Waals surface area contributed by atoms with Crippen molar-refractivity contribution in [1.29, 1.82) is 0 Å². The highest BCUT2D eigenvalue weighted by atomic mass is 32.1. The van der Waals surface area contributed by atoms with Crippen LogP contribution in [0.4, 0.5) is 0 Å². The van der Waals surface area contributed by atoms with Gasteiger partial charge in [0.1, 0.15) is 0 Å². The van der Waals surface area contributed by atoms with Crippen molar-refractivity contribution >= 4 is 17.3 Å². The van der Waals surface area contributed by atoms with Crippen molar-refractivity contribution in [1.82, 2.24) is 4.98 Å². The fourth-order valence-corrected chi connectivity index (χ4v) is 2.56. The first-order valence-corrected chi connectivity index (χ1v) is 5.94. The third kappa shape index (κ3) is 1.89. The van der Waals surface area contributed by atoms with E-state index >= 15 is 0 Å². The Morgan fingerprint density at radius 2 is 2.47 bits per heavy atom. The van der Waals surface area contributed by atoms with Crippen LogP contribution in [0.3, 0.4) is 0 Å². The second-order valence-corrected chi connectivity index (χ2v) is 4.81. The third-order valence-corrected chi connectivity index (χ3v) is 3.76. The molecule has 1 aliphatic rings. The lowest BCUT2D eigenvalue weighted by Gasteiger charge is -2.26. The van der Waals surface area contributed by atoms with Crippen molar-refractivity contribution in [2.45, 2.75) is 19.3 Å². The molecule has 5 heteroatoms. The molecule has 1 atom stereocenters. The van der Waals surface area contributed by atoms with E-state index in [4.69, 9.17) is 5.73 Å². The average molecular weight is 226 g/mol. The number of aliphatic carboxylic acids is 1. The lowest BCUT2D eigenvalue weighted by atomic mass is 9.78. The van der Waals surface area contributed by atoms with Crippen molar-refractivity contribution < 1.29 is 9.90 Å². The van der Waals surface area contributed by atoms with Gasteiger partial charge < -0.3 is 10.8 Å². The van der Waals surface area contributed by atoms with Crippen LogP contribution in [-0.4, -0.2) is 22.6 Å². The van der Waals surface area contributed by atoms with Crippen LogP contribution in [0.15, 0.2) is 10.9 Å². The summed E-state index contributed by atoms with van der Waals surface area (Å²) in [7, 11) is 0. The lowest BCUT2D eigenvalue weighted by molar-refractivity contribution is -0.149. The Morgan fingerprint density at radius 3 is 2.87 bits per heavy atom. The second kappa shape index (κ2) is 3.90. The first kappa shape index (κ1) is 10.6. The molecule has 1 fully saturated rings. The monoisotopic (exact) mass is 226 g/mol. The molecule has 4 nitrogen and oxygen atoms in total. The van der Waals surface area contributed by atoms with Crippen molar-refractivity contribution in [2.24, 2.45) is 17.1 Å². The van der Waals surface area contributed by atoms with Gasteiger partial charge in [0.15, 0.2) is 0 Å². The molecule has 1 aliphatic carbocycles. The fraction of sp³-hybridized carbons (Fsp3) is 0.600. The van der Waals surface area contributed by atoms with Gasteiger partial charge in [0.25, 0.3) is 0 Å². The van der Waals surface area contributed by atoms with Gasteiger partial charge in [-0.15, -0.1) is 11.3 Å². The van der Waals surface area contributed by atoms with Crippen LogP contribution in [0.25, 0.3) is 0 Å². The molecule has 0 aliphatic heterocycles. The minimum absolute atomic E-state index is 0.199. The standard InChI is InChI=1S/C10H14N2O2S/c11-5-10(9(13)14,7-1-2-7)3-8-4-15-6-12-8/h4,6-7H,1-3,5,11H2,(H,13,14). The van der Waals surface area contributed by atoms with Crippen LogP contribution < -0.4 is 5.73 Å². The normalized spacial score (nSPS) is 19.8. The topological polar surface area (TPSA) is 76.2 Å². The summed E-state index contributed by atoms with van der Waals surface area (Å²) in [6.07, 6.45) is 2.42. The molecule has 1 heterocycles. The summed E-state index contributed by atoms with van der Waals surface area (Å²) >= 11 is 1.49. The van der Waals surface area contributed by atoms with Gasteiger partial charge in [-0.1, -0.05) is 0 Å². The van der Waals surface area contributed by atoms with Gasteiger partial charge in [0.05, 0.1) is 16.6 Å². The number of aromatic nitrogens is 1. The van der Waals surface area contributed by atoms with E-state index in [-0.39, 0.29) is 12.5 Å². The molecule has 15 heavy (non-hydrogen) atoms. The summed E-state index contributed by atoms with van der Waals surface area (Å²) in [5.74, 6) is -0.540. The van der Waals surface area contributed by atoms with E-state index in [1.807, 2.05) is 5.38 Å². The molecule has 0 spiro atoms. The van der Waals surface area contributed by atoms with Gasteiger partial charge >= 0.3 is 5.97 Å². The molecule has 1 saturated carbocycles. The molecule has 3 N–H and O–H groups in total. The largest absolute Gasteiger partial charge is 0.481 e. The molecular formula is C10H14N2O2S. The van der Waals surface area contributed by atoms with Crippen LogP contribution in [0.1, 0.15) is 18.5 Å². The van der Waals surface area contributed by atoms with Gasteiger partial charge in [0.2, 0.25) is 0 Å². The van der Waals surface area contributed by atoms with Crippen molar-refractivity contribution in [3.63, 3.8) is 0 Å². The number of carboxylic acid groups (broad SMARTS) is 1. The van der Waals surface area contributed by atoms with Gasteiger partial charge in [-0.2, -0.15) is 0 Å². The number of thiazole rings is 1. The Hall–Kier alpha value is -0.940. The number of hydrogen-bond donors (Lipinski definition) is 2. The molecule has 0 saturated heterocycles. The highest BCUT2D eigenvalue weighted by Gasteiger charge is 2.50. The van der Waals surface area contributed by atoms with E-state index in [1.54, 1.807) is 5.51 Å². The Morgan fingerprint density at radius 1 is 1.73 bits per heavy atom. The van der Waals surface area contributed by atoms with Crippen LogP contribution in [-0.2, 0) is 11.2 Å². The number of nitrogens with zero attached hydrogens (tertiary/aromatic N) is 1. The minimum atomic E-state index is -0.784. The summed E-state index contributed by atoms with van der Waals surface area (Å²) < 4.78 is 0. The predicted octanol–water partition coefficient (Wildman–Crippen LogP) is 1.13. The fourth-order valence-electron chi connectivity index (χ4n) is 2.00. The van der Waals surface area contributed by atoms with E-state index in [0.717, 1.165) is 18.5 Å². The molecule has 1 aromatic heterocycles. The number of carboxylic acids is 1. The number of rotatable bonds is 5. The molecular weight excluding hydrogens is 212 g/mol. The molecule has 0 radical (unpaired) electrons. The molecule has 1 unspecified atom stereocenters. The molecule has 0 aromatic carbocycles. The van der Waals surface area contributed by atoms with E-state index < -0.39 is 11.4 Å². The highest BCUT2D eigenvalue weighted by Crippen LogP contribution is 2.47. The van der Waals surface area contributed by atoms with Gasteiger partial charge in [-0.3, -0.25) is 4.79 Å². The Balaban J connectivity index is 2.21. The van der Waals surface area contributed by atoms with Crippen LogP contribution >= 0.6 is 11.3 Å². The van der Waals surface area contributed by atoms with E-state index in [1.165, 1.54) is 11.3 Å². The maximum atomic E-state index is 11.4. The Labute approximate surface area is 92.1 Å². The van der Waals surface area contributed by atoms with Crippen molar-refractivity contribution in [3.05, 3.63) is 16.6 Å². The van der Waals surface area contributed by atoms with Crippen LogP contribution in [0.2, 0.25) is 0 Å². The van der Waals surface area contributed by atoms with Gasteiger partial charge in [0, 0.05) is 18.3 Å². The maximum Gasteiger partial charge on any atom is 0.311 e. The summed E-state index contributed by atoms with van der Waals surface area (Å²) in [5, 5.41) is 11.2. The SMILES string of the molecule is NCC(Cc1cscn1)(C(=O)O)C1CC1. The van der Waals surface area contributed by atoms with E-state index in [9.17, 15) is 9.90 Å². The summed E-state index contributed by atoms with van der Waals surface area (Å²) in [6.45, 7) is 0.199. The van der Waals surface area contributed by atoms with E-state index in [0.29, 0.717) is 6.42 Å². The second-order valence-electron chi connectivity index (χ2n) is 4.10. The quantitative estimate of drug-likeness (QED) is 0.789. The Bertz CT molecular complexity index is 348. The molecule has 0 bridgehead atoms. The van der Waals surface area contributed by atoms with Crippen molar-refractivity contribution in [2.75, 3.05) is 6.54 Å². The molecule has 0 amide bonds. The summed E-state index contributed by atoms with van der Waals surface area (Å²) in [6, 6.07) is 0. The van der Waals surface area contributed by atoms with E-state index in [2.05, 4.69) is 4.98 Å². The predicted molar refractivity (Wildman–Crippen MR) is 57.7 cm³/mol. The highest BCUT2D eigenvalue weighted by molar-refractivity contribution is 7.07. The lowest BCUT2D eigenvalue weighted by Crippen LogP contribution is -2.42. The zero-order chi connectivity index (χ0) is 10.9. The van der Waals surface area contributed by atoms with Gasteiger partial charge in [-0.05, 0) is 18.8 Å². The zero-order valence-corrected chi connectivity index (χ0v) is 9.17. The zero-order valence-electron chi connectivity index (χ0n) is 8.35. The molecule has 82 valence electrons. The molecule has 1 aromatic rings. The first-order valence-electron chi connectivity index (χ1n) is 4.99. The number of carbonyl (C=O) groups is 1. The van der Waals surface area contributed by atoms with Crippen molar-refractivity contribution in [3.8, 4) is 0 Å². The van der Waals surface area contributed by atoms with Crippen LogP contribution in [0, 0.1) is 11.3 Å². The van der Waals surface area contributed by atoms with Gasteiger partial charge in [-0.25, -0.2) is 4.98 Å².